The molecule has 0 atom stereocenters. The van der Waals surface area contributed by atoms with Gasteiger partial charge in [0.15, 0.2) is 0 Å². The monoisotopic (exact) mass is 262 g/mol. The summed E-state index contributed by atoms with van der Waals surface area (Å²) in [6, 6.07) is 1.93. The highest BCUT2D eigenvalue weighted by Gasteiger charge is 1.95. The molecule has 0 unspecified atom stereocenters. The lowest BCUT2D eigenvalue weighted by molar-refractivity contribution is 0.322. The largest absolute Gasteiger partial charge is 0.411 e. The lowest BCUT2D eigenvalue weighted by Gasteiger charge is -1.97. The summed E-state index contributed by atoms with van der Waals surface area (Å²) in [6.45, 7) is 1.95. The molecule has 0 spiro atoms. The first-order valence-corrected chi connectivity index (χ1v) is 4.11. The van der Waals surface area contributed by atoms with Gasteiger partial charge in [0.05, 0.1) is 6.21 Å². The lowest BCUT2D eigenvalue weighted by Crippen LogP contribution is -1.90. The highest BCUT2D eigenvalue weighted by molar-refractivity contribution is 14.1. The van der Waals surface area contributed by atoms with Crippen molar-refractivity contribution >= 4 is 28.8 Å². The third kappa shape index (κ3) is 2.14. The standard InChI is InChI=1S/C7H7IN2O/c1-5-2-7(8)9-3-6(5)4-10-11/h2-4,11H,1H3/b10-4+. The van der Waals surface area contributed by atoms with E-state index in [9.17, 15) is 0 Å². The van der Waals surface area contributed by atoms with Crippen molar-refractivity contribution in [2.24, 2.45) is 5.16 Å². The molecule has 1 aromatic rings. The minimum absolute atomic E-state index is 0.841. The van der Waals surface area contributed by atoms with Crippen molar-refractivity contribution in [3.63, 3.8) is 0 Å². The van der Waals surface area contributed by atoms with Crippen LogP contribution in [0.2, 0.25) is 0 Å². The van der Waals surface area contributed by atoms with Crippen LogP contribution in [0.15, 0.2) is 17.4 Å². The average Bonchev–Trinajstić information content (AvgIpc) is 1.95. The molecule has 1 aromatic heterocycles. The predicted octanol–water partition coefficient (Wildman–Crippen LogP) is 1.80. The van der Waals surface area contributed by atoms with E-state index in [0.29, 0.717) is 0 Å². The van der Waals surface area contributed by atoms with Crippen LogP contribution in [0.25, 0.3) is 0 Å². The molecular formula is C7H7IN2O. The van der Waals surface area contributed by atoms with Crippen LogP contribution in [0.5, 0.6) is 0 Å². The Kier molecular flexibility index (Phi) is 2.81. The van der Waals surface area contributed by atoms with Gasteiger partial charge in [-0.3, -0.25) is 0 Å². The van der Waals surface area contributed by atoms with Gasteiger partial charge in [-0.25, -0.2) is 4.98 Å². The molecule has 0 bridgehead atoms. The number of rotatable bonds is 1. The van der Waals surface area contributed by atoms with E-state index in [-0.39, 0.29) is 0 Å². The number of aryl methyl sites for hydroxylation is 1. The molecule has 0 amide bonds. The van der Waals surface area contributed by atoms with Crippen LogP contribution >= 0.6 is 22.6 Å². The molecule has 1 rings (SSSR count). The van der Waals surface area contributed by atoms with E-state index in [0.717, 1.165) is 14.8 Å². The molecule has 0 aromatic carbocycles. The Labute approximate surface area is 78.3 Å². The van der Waals surface area contributed by atoms with Crippen LogP contribution in [0.4, 0.5) is 0 Å². The van der Waals surface area contributed by atoms with Crippen molar-refractivity contribution in [2.45, 2.75) is 6.92 Å². The van der Waals surface area contributed by atoms with E-state index in [2.05, 4.69) is 32.7 Å². The van der Waals surface area contributed by atoms with Gasteiger partial charge in [0.2, 0.25) is 0 Å². The van der Waals surface area contributed by atoms with E-state index >= 15 is 0 Å². The Hall–Kier alpha value is -0.650. The van der Waals surface area contributed by atoms with Crippen molar-refractivity contribution in [1.82, 2.24) is 4.98 Å². The fourth-order valence-corrected chi connectivity index (χ4v) is 1.34. The van der Waals surface area contributed by atoms with Gasteiger partial charge in [0.25, 0.3) is 0 Å². The van der Waals surface area contributed by atoms with Gasteiger partial charge in [0.1, 0.15) is 3.70 Å². The first-order valence-electron chi connectivity index (χ1n) is 3.03. The molecule has 11 heavy (non-hydrogen) atoms. The van der Waals surface area contributed by atoms with Gasteiger partial charge >= 0.3 is 0 Å². The summed E-state index contributed by atoms with van der Waals surface area (Å²) >= 11 is 2.13. The molecule has 4 heteroatoms. The quantitative estimate of drug-likeness (QED) is 0.276. The maximum atomic E-state index is 8.25. The van der Waals surface area contributed by atoms with Crippen LogP contribution < -0.4 is 0 Å². The highest BCUT2D eigenvalue weighted by atomic mass is 127. The first-order chi connectivity index (χ1) is 5.24. The van der Waals surface area contributed by atoms with Crippen LogP contribution in [-0.4, -0.2) is 16.4 Å². The normalized spacial score (nSPS) is 10.7. The minimum atomic E-state index is 0.841. The third-order valence-electron chi connectivity index (χ3n) is 1.31. The van der Waals surface area contributed by atoms with Crippen molar-refractivity contribution in [1.29, 1.82) is 0 Å². The zero-order valence-electron chi connectivity index (χ0n) is 5.95. The summed E-state index contributed by atoms with van der Waals surface area (Å²) in [5, 5.41) is 11.2. The maximum absolute atomic E-state index is 8.25. The fourth-order valence-electron chi connectivity index (χ4n) is 0.730. The Bertz CT molecular complexity index is 286. The van der Waals surface area contributed by atoms with E-state index < -0.39 is 0 Å². The molecule has 0 radical (unpaired) electrons. The molecule has 58 valence electrons. The first kappa shape index (κ1) is 8.45. The number of hydrogen-bond acceptors (Lipinski definition) is 3. The van der Waals surface area contributed by atoms with Gasteiger partial charge in [0, 0.05) is 11.8 Å². The number of nitrogens with zero attached hydrogens (tertiary/aromatic N) is 2. The number of oxime groups is 1. The molecule has 0 aliphatic carbocycles. The molecule has 0 fully saturated rings. The van der Waals surface area contributed by atoms with E-state index in [1.165, 1.54) is 6.21 Å². The fraction of sp³-hybridized carbons (Fsp3) is 0.143. The van der Waals surface area contributed by atoms with Gasteiger partial charge in [-0.1, -0.05) is 5.16 Å². The SMILES string of the molecule is Cc1cc(I)ncc1/C=N/O. The topological polar surface area (TPSA) is 45.5 Å². The van der Waals surface area contributed by atoms with E-state index in [1.54, 1.807) is 6.20 Å². The van der Waals surface area contributed by atoms with Crippen molar-refractivity contribution in [3.8, 4) is 0 Å². The molecule has 0 saturated carbocycles. The molecule has 1 N–H and O–H groups in total. The molecular weight excluding hydrogens is 255 g/mol. The molecule has 3 nitrogen and oxygen atoms in total. The van der Waals surface area contributed by atoms with Gasteiger partial charge < -0.3 is 5.21 Å². The Morgan fingerprint density at radius 1 is 1.73 bits per heavy atom. The molecule has 0 aliphatic rings. The van der Waals surface area contributed by atoms with Gasteiger partial charge in [-0.2, -0.15) is 0 Å². The van der Waals surface area contributed by atoms with Crippen molar-refractivity contribution in [3.05, 3.63) is 27.1 Å². The average molecular weight is 262 g/mol. The Morgan fingerprint density at radius 3 is 3.00 bits per heavy atom. The zero-order chi connectivity index (χ0) is 8.27. The number of hydrogen-bond donors (Lipinski definition) is 1. The second-order valence-electron chi connectivity index (χ2n) is 2.11. The maximum Gasteiger partial charge on any atom is 0.101 e. The summed E-state index contributed by atoms with van der Waals surface area (Å²) in [7, 11) is 0. The lowest BCUT2D eigenvalue weighted by atomic mass is 10.2. The van der Waals surface area contributed by atoms with Crippen LogP contribution in [0, 0.1) is 10.6 Å². The second kappa shape index (κ2) is 3.66. The van der Waals surface area contributed by atoms with Crippen molar-refractivity contribution in [2.75, 3.05) is 0 Å². The second-order valence-corrected chi connectivity index (χ2v) is 3.21. The molecule has 1 heterocycles. The van der Waals surface area contributed by atoms with E-state index in [4.69, 9.17) is 5.21 Å². The smallest absolute Gasteiger partial charge is 0.101 e. The number of aromatic nitrogens is 1. The summed E-state index contributed by atoms with van der Waals surface area (Å²) in [4.78, 5) is 4.04. The van der Waals surface area contributed by atoms with Crippen LogP contribution in [0.1, 0.15) is 11.1 Å². The Balaban J connectivity index is 3.09. The van der Waals surface area contributed by atoms with Crippen LogP contribution in [-0.2, 0) is 0 Å². The zero-order valence-corrected chi connectivity index (χ0v) is 8.11. The Morgan fingerprint density at radius 2 is 2.45 bits per heavy atom. The molecule has 0 aliphatic heterocycles. The highest BCUT2D eigenvalue weighted by Crippen LogP contribution is 2.07. The van der Waals surface area contributed by atoms with E-state index in [1.807, 2.05) is 13.0 Å². The van der Waals surface area contributed by atoms with Gasteiger partial charge in [-0.15, -0.1) is 0 Å². The minimum Gasteiger partial charge on any atom is -0.411 e. The summed E-state index contributed by atoms with van der Waals surface area (Å²) in [6.07, 6.45) is 3.05. The van der Waals surface area contributed by atoms with Gasteiger partial charge in [-0.05, 0) is 41.1 Å². The summed E-state index contributed by atoms with van der Waals surface area (Å²) < 4.78 is 0.940. The number of pyridine rings is 1. The summed E-state index contributed by atoms with van der Waals surface area (Å²) in [5.74, 6) is 0. The number of halogens is 1. The van der Waals surface area contributed by atoms with Crippen LogP contribution in [0.3, 0.4) is 0 Å². The van der Waals surface area contributed by atoms with Crippen molar-refractivity contribution < 1.29 is 5.21 Å². The third-order valence-corrected chi connectivity index (χ3v) is 1.90. The predicted molar refractivity (Wildman–Crippen MR) is 51.1 cm³/mol. The molecule has 0 saturated heterocycles. The summed E-state index contributed by atoms with van der Waals surface area (Å²) in [5.41, 5.74) is 1.90.